The number of carbonyl (C=O) groups excluding carboxylic acids is 1. The number of methoxy groups -OCH3 is 1. The minimum absolute atomic E-state index is 0.0782. The van der Waals surface area contributed by atoms with Crippen molar-refractivity contribution in [2.24, 2.45) is 7.05 Å². The van der Waals surface area contributed by atoms with E-state index in [9.17, 15) is 13.2 Å². The molecule has 0 amide bonds. The molecule has 0 aliphatic carbocycles. The lowest BCUT2D eigenvalue weighted by Crippen LogP contribution is -2.24. The van der Waals surface area contributed by atoms with E-state index >= 15 is 0 Å². The van der Waals surface area contributed by atoms with Gasteiger partial charge in [0.15, 0.2) is 0 Å². The molecule has 2 rings (SSSR count). The Labute approximate surface area is 154 Å². The Balaban J connectivity index is 2.37. The third-order valence-corrected chi connectivity index (χ3v) is 5.91. The largest absolute Gasteiger partial charge is 0.496 e. The molecule has 0 aliphatic heterocycles. The third kappa shape index (κ3) is 3.76. The zero-order valence-corrected chi connectivity index (χ0v) is 16.4. The van der Waals surface area contributed by atoms with Gasteiger partial charge in [0.05, 0.1) is 13.7 Å². The fourth-order valence-electron chi connectivity index (χ4n) is 2.93. The molecule has 0 bridgehead atoms. The van der Waals surface area contributed by atoms with Crippen LogP contribution < -0.4 is 9.46 Å². The van der Waals surface area contributed by atoms with E-state index in [-0.39, 0.29) is 23.7 Å². The highest BCUT2D eigenvalue weighted by Crippen LogP contribution is 2.27. The third-order valence-electron chi connectivity index (χ3n) is 4.25. The first-order chi connectivity index (χ1) is 12.2. The average Bonchev–Trinajstić information content (AvgIpc) is 2.83. The first-order valence-corrected chi connectivity index (χ1v) is 9.67. The molecule has 2 aromatic rings. The molecule has 0 saturated heterocycles. The normalized spacial score (nSPS) is 11.4. The lowest BCUT2D eigenvalue weighted by molar-refractivity contribution is 0.0514. The van der Waals surface area contributed by atoms with E-state index in [0.717, 1.165) is 5.56 Å². The Hall–Kier alpha value is -2.32. The van der Waals surface area contributed by atoms with Gasteiger partial charge in [-0.1, -0.05) is 18.2 Å². The van der Waals surface area contributed by atoms with Crippen molar-refractivity contribution in [2.45, 2.75) is 32.2 Å². The van der Waals surface area contributed by atoms with Gasteiger partial charge in [-0.15, -0.1) is 0 Å². The Bertz CT molecular complexity index is 916. The molecule has 0 atom stereocenters. The van der Waals surface area contributed by atoms with Gasteiger partial charge in [-0.25, -0.2) is 17.9 Å². The number of hydrogen-bond donors (Lipinski definition) is 1. The molecule has 0 aliphatic rings. The predicted octanol–water partition coefficient (Wildman–Crippen LogP) is 2.31. The van der Waals surface area contributed by atoms with E-state index in [4.69, 9.17) is 9.47 Å². The molecule has 0 spiro atoms. The predicted molar refractivity (Wildman–Crippen MR) is 97.9 cm³/mol. The zero-order chi connectivity index (χ0) is 19.5. The molecule has 0 radical (unpaired) electrons. The van der Waals surface area contributed by atoms with Crippen LogP contribution in [0.3, 0.4) is 0 Å². The maximum atomic E-state index is 12.9. The van der Waals surface area contributed by atoms with Crippen LogP contribution in [0, 0.1) is 13.8 Å². The number of sulfonamides is 1. The van der Waals surface area contributed by atoms with Gasteiger partial charge in [0.2, 0.25) is 10.0 Å². The monoisotopic (exact) mass is 380 g/mol. The van der Waals surface area contributed by atoms with Crippen LogP contribution in [-0.2, 0) is 28.4 Å². The number of para-hydroxylation sites is 1. The number of esters is 1. The number of ether oxygens (including phenoxy) is 2. The lowest BCUT2D eigenvalue weighted by Gasteiger charge is -2.11. The minimum Gasteiger partial charge on any atom is -0.496 e. The fourth-order valence-corrected chi connectivity index (χ4v) is 4.45. The molecule has 1 heterocycles. The Morgan fingerprint density at radius 1 is 1.23 bits per heavy atom. The smallest absolute Gasteiger partial charge is 0.355 e. The maximum absolute atomic E-state index is 12.9. The lowest BCUT2D eigenvalue weighted by atomic mass is 10.2. The number of nitrogens with zero attached hydrogens (tertiary/aromatic N) is 1. The van der Waals surface area contributed by atoms with E-state index in [1.807, 2.05) is 12.1 Å². The van der Waals surface area contributed by atoms with E-state index in [1.54, 1.807) is 44.5 Å². The standard InChI is InChI=1S/C18H24N2O5S/c1-6-25-18(21)16-12(2)17(13(3)20(16)4)26(22,23)19-11-14-9-7-8-10-15(14)24-5/h7-10,19H,6,11H2,1-5H3. The highest BCUT2D eigenvalue weighted by atomic mass is 32.2. The highest BCUT2D eigenvalue weighted by molar-refractivity contribution is 7.89. The molecule has 142 valence electrons. The zero-order valence-electron chi connectivity index (χ0n) is 15.6. The van der Waals surface area contributed by atoms with Crippen LogP contribution in [0.5, 0.6) is 5.75 Å². The van der Waals surface area contributed by atoms with E-state index in [0.29, 0.717) is 17.0 Å². The number of aromatic nitrogens is 1. The molecule has 1 aromatic heterocycles. The summed E-state index contributed by atoms with van der Waals surface area (Å²) in [5.74, 6) is 0.0608. The Morgan fingerprint density at radius 3 is 2.50 bits per heavy atom. The molecule has 0 saturated carbocycles. The van der Waals surface area contributed by atoms with Crippen molar-refractivity contribution in [3.05, 3.63) is 46.8 Å². The van der Waals surface area contributed by atoms with Crippen molar-refractivity contribution in [1.82, 2.24) is 9.29 Å². The number of benzene rings is 1. The van der Waals surface area contributed by atoms with Crippen LogP contribution in [0.2, 0.25) is 0 Å². The summed E-state index contributed by atoms with van der Waals surface area (Å²) in [5, 5.41) is 0. The van der Waals surface area contributed by atoms with Gasteiger partial charge >= 0.3 is 5.97 Å². The van der Waals surface area contributed by atoms with Gasteiger partial charge < -0.3 is 14.0 Å². The number of nitrogens with one attached hydrogen (secondary N) is 1. The molecule has 7 nitrogen and oxygen atoms in total. The van der Waals surface area contributed by atoms with Crippen molar-refractivity contribution < 1.29 is 22.7 Å². The molecular formula is C18H24N2O5S. The van der Waals surface area contributed by atoms with Crippen LogP contribution >= 0.6 is 0 Å². The first-order valence-electron chi connectivity index (χ1n) is 8.19. The van der Waals surface area contributed by atoms with Gasteiger partial charge in [0, 0.05) is 30.4 Å². The second-order valence-corrected chi connectivity index (χ2v) is 7.51. The molecule has 0 unspecified atom stereocenters. The van der Waals surface area contributed by atoms with Gasteiger partial charge in [0.1, 0.15) is 16.3 Å². The van der Waals surface area contributed by atoms with Gasteiger partial charge in [0.25, 0.3) is 0 Å². The summed E-state index contributed by atoms with van der Waals surface area (Å²) in [6.45, 7) is 5.27. The van der Waals surface area contributed by atoms with E-state index in [1.165, 1.54) is 7.11 Å². The minimum atomic E-state index is -3.83. The second kappa shape index (κ2) is 7.92. The van der Waals surface area contributed by atoms with Crippen molar-refractivity contribution >= 4 is 16.0 Å². The molecular weight excluding hydrogens is 356 g/mol. The summed E-state index contributed by atoms with van der Waals surface area (Å²) in [6, 6.07) is 7.18. The van der Waals surface area contributed by atoms with E-state index < -0.39 is 16.0 Å². The highest BCUT2D eigenvalue weighted by Gasteiger charge is 2.29. The van der Waals surface area contributed by atoms with Crippen molar-refractivity contribution in [3.8, 4) is 5.75 Å². The van der Waals surface area contributed by atoms with Crippen molar-refractivity contribution in [1.29, 1.82) is 0 Å². The van der Waals surface area contributed by atoms with Crippen LogP contribution in [0.4, 0.5) is 0 Å². The maximum Gasteiger partial charge on any atom is 0.355 e. The average molecular weight is 380 g/mol. The Morgan fingerprint density at radius 2 is 1.88 bits per heavy atom. The summed E-state index contributed by atoms with van der Waals surface area (Å²) < 4.78 is 40.2. The van der Waals surface area contributed by atoms with Crippen LogP contribution in [-0.4, -0.2) is 32.7 Å². The quantitative estimate of drug-likeness (QED) is 0.745. The van der Waals surface area contributed by atoms with Crippen LogP contribution in [0.1, 0.15) is 34.2 Å². The van der Waals surface area contributed by atoms with Crippen LogP contribution in [0.15, 0.2) is 29.2 Å². The summed E-state index contributed by atoms with van der Waals surface area (Å²) in [5.41, 5.74) is 1.80. The van der Waals surface area contributed by atoms with Crippen LogP contribution in [0.25, 0.3) is 0 Å². The molecule has 0 fully saturated rings. The fraction of sp³-hybridized carbons (Fsp3) is 0.389. The molecule has 1 N–H and O–H groups in total. The topological polar surface area (TPSA) is 86.6 Å². The molecule has 1 aromatic carbocycles. The summed E-state index contributed by atoms with van der Waals surface area (Å²) in [7, 11) is -0.650. The van der Waals surface area contributed by atoms with Gasteiger partial charge in [-0.3, -0.25) is 0 Å². The van der Waals surface area contributed by atoms with Gasteiger partial charge in [-0.05, 0) is 26.8 Å². The molecule has 26 heavy (non-hydrogen) atoms. The second-order valence-electron chi connectivity index (χ2n) is 5.80. The number of hydrogen-bond acceptors (Lipinski definition) is 5. The molecule has 8 heteroatoms. The number of rotatable bonds is 7. The first kappa shape index (κ1) is 20.0. The SMILES string of the molecule is CCOC(=O)c1c(C)c(S(=O)(=O)NCc2ccccc2OC)c(C)n1C. The summed E-state index contributed by atoms with van der Waals surface area (Å²) in [4.78, 5) is 12.3. The van der Waals surface area contributed by atoms with E-state index in [2.05, 4.69) is 4.72 Å². The Kier molecular flexibility index (Phi) is 6.09. The number of carbonyl (C=O) groups is 1. The van der Waals surface area contributed by atoms with Crippen molar-refractivity contribution in [3.63, 3.8) is 0 Å². The van der Waals surface area contributed by atoms with Gasteiger partial charge in [-0.2, -0.15) is 0 Å². The summed E-state index contributed by atoms with van der Waals surface area (Å²) in [6.07, 6.45) is 0. The van der Waals surface area contributed by atoms with Crippen molar-refractivity contribution in [2.75, 3.05) is 13.7 Å². The summed E-state index contributed by atoms with van der Waals surface area (Å²) >= 11 is 0.